The standard InChI is InChI=1S/C10H13Cl2N/c1-2-3-7-13-9-6-4-5-8(11)10(9)12/h4-6,13H,2-3,7H2,1H3. The minimum absolute atomic E-state index is 0.600. The van der Waals surface area contributed by atoms with E-state index in [1.807, 2.05) is 12.1 Å². The van der Waals surface area contributed by atoms with Crippen molar-refractivity contribution in [3.8, 4) is 0 Å². The SMILES string of the molecule is CCCCNc1cccc(Cl)c1Cl. The smallest absolute Gasteiger partial charge is 0.0823 e. The van der Waals surface area contributed by atoms with Crippen LogP contribution in [0.5, 0.6) is 0 Å². The van der Waals surface area contributed by atoms with E-state index >= 15 is 0 Å². The van der Waals surface area contributed by atoms with Crippen molar-refractivity contribution >= 4 is 28.9 Å². The highest BCUT2D eigenvalue weighted by molar-refractivity contribution is 6.43. The Morgan fingerprint density at radius 3 is 2.77 bits per heavy atom. The Hall–Kier alpha value is -0.400. The van der Waals surface area contributed by atoms with E-state index in [0.29, 0.717) is 10.0 Å². The second kappa shape index (κ2) is 5.36. The first-order valence-electron chi connectivity index (χ1n) is 4.43. The van der Waals surface area contributed by atoms with Crippen LogP contribution in [0.2, 0.25) is 10.0 Å². The van der Waals surface area contributed by atoms with Gasteiger partial charge in [0.2, 0.25) is 0 Å². The number of hydrogen-bond acceptors (Lipinski definition) is 1. The molecule has 0 unspecified atom stereocenters. The van der Waals surface area contributed by atoms with Gasteiger partial charge < -0.3 is 5.32 Å². The Morgan fingerprint density at radius 1 is 1.31 bits per heavy atom. The van der Waals surface area contributed by atoms with Gasteiger partial charge in [0, 0.05) is 6.54 Å². The molecule has 0 radical (unpaired) electrons. The Balaban J connectivity index is 2.61. The lowest BCUT2D eigenvalue weighted by Crippen LogP contribution is -2.01. The molecule has 0 aromatic heterocycles. The summed E-state index contributed by atoms with van der Waals surface area (Å²) in [7, 11) is 0. The molecule has 0 fully saturated rings. The molecule has 0 atom stereocenters. The first-order chi connectivity index (χ1) is 6.25. The molecule has 1 aromatic rings. The molecule has 0 saturated carbocycles. The third-order valence-corrected chi connectivity index (χ3v) is 2.62. The number of anilines is 1. The number of halogens is 2. The Bertz CT molecular complexity index is 274. The number of nitrogens with one attached hydrogen (secondary N) is 1. The molecule has 1 aromatic carbocycles. The number of benzene rings is 1. The molecule has 0 saturated heterocycles. The van der Waals surface area contributed by atoms with Gasteiger partial charge in [-0.25, -0.2) is 0 Å². The van der Waals surface area contributed by atoms with Crippen LogP contribution in [-0.4, -0.2) is 6.54 Å². The predicted octanol–water partition coefficient (Wildman–Crippen LogP) is 4.21. The van der Waals surface area contributed by atoms with Gasteiger partial charge in [-0.15, -0.1) is 0 Å². The van der Waals surface area contributed by atoms with Crippen molar-refractivity contribution in [3.63, 3.8) is 0 Å². The largest absolute Gasteiger partial charge is 0.384 e. The lowest BCUT2D eigenvalue weighted by molar-refractivity contribution is 0.834. The average molecular weight is 218 g/mol. The van der Waals surface area contributed by atoms with Gasteiger partial charge in [0.25, 0.3) is 0 Å². The van der Waals surface area contributed by atoms with E-state index in [2.05, 4.69) is 12.2 Å². The summed E-state index contributed by atoms with van der Waals surface area (Å²) in [6.45, 7) is 3.10. The minimum atomic E-state index is 0.600. The topological polar surface area (TPSA) is 12.0 Å². The van der Waals surface area contributed by atoms with Crippen molar-refractivity contribution in [1.29, 1.82) is 0 Å². The second-order valence-electron chi connectivity index (χ2n) is 2.88. The first-order valence-corrected chi connectivity index (χ1v) is 5.19. The van der Waals surface area contributed by atoms with E-state index in [0.717, 1.165) is 18.7 Å². The van der Waals surface area contributed by atoms with E-state index < -0.39 is 0 Å². The molecule has 1 N–H and O–H groups in total. The number of rotatable bonds is 4. The normalized spacial score (nSPS) is 10.1. The zero-order valence-electron chi connectivity index (χ0n) is 7.61. The molecule has 3 heteroatoms. The fourth-order valence-corrected chi connectivity index (χ4v) is 1.41. The third kappa shape index (κ3) is 3.09. The maximum atomic E-state index is 5.98. The van der Waals surface area contributed by atoms with Gasteiger partial charge in [0.1, 0.15) is 0 Å². The van der Waals surface area contributed by atoms with Crippen LogP contribution in [0.4, 0.5) is 5.69 Å². The van der Waals surface area contributed by atoms with Crippen molar-refractivity contribution < 1.29 is 0 Å². The molecule has 0 aliphatic heterocycles. The summed E-state index contributed by atoms with van der Waals surface area (Å²) >= 11 is 11.8. The lowest BCUT2D eigenvalue weighted by atomic mass is 10.3. The van der Waals surface area contributed by atoms with Crippen LogP contribution in [-0.2, 0) is 0 Å². The molecule has 0 bridgehead atoms. The highest BCUT2D eigenvalue weighted by Crippen LogP contribution is 2.29. The summed E-state index contributed by atoms with van der Waals surface area (Å²) < 4.78 is 0. The van der Waals surface area contributed by atoms with Gasteiger partial charge >= 0.3 is 0 Å². The monoisotopic (exact) mass is 217 g/mol. The first kappa shape index (κ1) is 10.7. The van der Waals surface area contributed by atoms with Crippen LogP contribution in [0.15, 0.2) is 18.2 Å². The molecule has 0 aliphatic rings. The average Bonchev–Trinajstić information content (AvgIpc) is 2.13. The number of unbranched alkanes of at least 4 members (excludes halogenated alkanes) is 1. The third-order valence-electron chi connectivity index (χ3n) is 1.80. The molecular formula is C10H13Cl2N. The fourth-order valence-electron chi connectivity index (χ4n) is 1.04. The van der Waals surface area contributed by atoms with Gasteiger partial charge in [-0.1, -0.05) is 42.6 Å². The number of hydrogen-bond donors (Lipinski definition) is 1. The van der Waals surface area contributed by atoms with Crippen molar-refractivity contribution in [1.82, 2.24) is 0 Å². The summed E-state index contributed by atoms with van der Waals surface area (Å²) in [5, 5.41) is 4.45. The van der Waals surface area contributed by atoms with E-state index in [9.17, 15) is 0 Å². The maximum absolute atomic E-state index is 5.98. The molecule has 1 nitrogen and oxygen atoms in total. The summed E-state index contributed by atoms with van der Waals surface area (Å²) in [5.74, 6) is 0. The molecule has 0 heterocycles. The van der Waals surface area contributed by atoms with Crippen LogP contribution >= 0.6 is 23.2 Å². The van der Waals surface area contributed by atoms with Crippen molar-refractivity contribution in [2.75, 3.05) is 11.9 Å². The molecule has 0 amide bonds. The summed E-state index contributed by atoms with van der Waals surface area (Å²) in [6.07, 6.45) is 2.31. The van der Waals surface area contributed by atoms with Gasteiger partial charge in [-0.2, -0.15) is 0 Å². The fraction of sp³-hybridized carbons (Fsp3) is 0.400. The van der Waals surface area contributed by atoms with Crippen LogP contribution in [0.25, 0.3) is 0 Å². The van der Waals surface area contributed by atoms with E-state index in [1.165, 1.54) is 6.42 Å². The molecular weight excluding hydrogens is 205 g/mol. The molecule has 1 rings (SSSR count). The van der Waals surface area contributed by atoms with Gasteiger partial charge in [0.05, 0.1) is 15.7 Å². The van der Waals surface area contributed by atoms with Crippen LogP contribution in [0, 0.1) is 0 Å². The summed E-state index contributed by atoms with van der Waals surface area (Å²) in [4.78, 5) is 0. The Kier molecular flexibility index (Phi) is 4.40. The van der Waals surface area contributed by atoms with Crippen molar-refractivity contribution in [2.24, 2.45) is 0 Å². The van der Waals surface area contributed by atoms with E-state index in [-0.39, 0.29) is 0 Å². The quantitative estimate of drug-likeness (QED) is 0.746. The Morgan fingerprint density at radius 2 is 2.08 bits per heavy atom. The summed E-state index contributed by atoms with van der Waals surface area (Å²) in [6, 6.07) is 5.61. The molecule has 0 spiro atoms. The lowest BCUT2D eigenvalue weighted by Gasteiger charge is -2.07. The van der Waals surface area contributed by atoms with Gasteiger partial charge in [0.15, 0.2) is 0 Å². The maximum Gasteiger partial charge on any atom is 0.0823 e. The second-order valence-corrected chi connectivity index (χ2v) is 3.67. The zero-order chi connectivity index (χ0) is 9.68. The predicted molar refractivity (Wildman–Crippen MR) is 59.9 cm³/mol. The molecule has 0 aliphatic carbocycles. The van der Waals surface area contributed by atoms with Crippen LogP contribution < -0.4 is 5.32 Å². The zero-order valence-corrected chi connectivity index (χ0v) is 9.12. The van der Waals surface area contributed by atoms with Crippen molar-refractivity contribution in [2.45, 2.75) is 19.8 Å². The van der Waals surface area contributed by atoms with E-state index in [4.69, 9.17) is 23.2 Å². The summed E-state index contributed by atoms with van der Waals surface area (Å²) in [5.41, 5.74) is 0.919. The Labute approximate surface area is 89.0 Å². The van der Waals surface area contributed by atoms with Crippen molar-refractivity contribution in [3.05, 3.63) is 28.2 Å². The van der Waals surface area contributed by atoms with Crippen LogP contribution in [0.1, 0.15) is 19.8 Å². The van der Waals surface area contributed by atoms with E-state index in [1.54, 1.807) is 6.07 Å². The highest BCUT2D eigenvalue weighted by Gasteiger charge is 2.02. The van der Waals surface area contributed by atoms with Gasteiger partial charge in [-0.05, 0) is 18.6 Å². The highest BCUT2D eigenvalue weighted by atomic mass is 35.5. The minimum Gasteiger partial charge on any atom is -0.384 e. The van der Waals surface area contributed by atoms with Gasteiger partial charge in [-0.3, -0.25) is 0 Å². The molecule has 72 valence electrons. The molecule has 13 heavy (non-hydrogen) atoms. The van der Waals surface area contributed by atoms with Crippen LogP contribution in [0.3, 0.4) is 0 Å².